The number of halogens is 3. The fourth-order valence-corrected chi connectivity index (χ4v) is 2.89. The first-order valence-corrected chi connectivity index (χ1v) is 8.28. The fraction of sp³-hybridized carbons (Fsp3) is 0.100. The van der Waals surface area contributed by atoms with Crippen molar-refractivity contribution in [2.24, 2.45) is 0 Å². The van der Waals surface area contributed by atoms with Crippen molar-refractivity contribution >= 4 is 23.5 Å². The second-order valence-electron chi connectivity index (χ2n) is 5.73. The van der Waals surface area contributed by atoms with E-state index < -0.39 is 23.0 Å². The molecule has 0 aliphatic rings. The standard InChI is InChI=1S/C20H15ClF2N2O/c1-13-15(10-11-18(26)19-16(22)8-5-9-17(19)23)20(21)25(24-13)12-14-6-3-2-4-7-14/h2-11H,12H2,1H3/b11-10+. The Labute approximate surface area is 154 Å². The van der Waals surface area contributed by atoms with Gasteiger partial charge >= 0.3 is 0 Å². The number of hydrogen-bond donors (Lipinski definition) is 0. The van der Waals surface area contributed by atoms with Gasteiger partial charge in [0.2, 0.25) is 0 Å². The van der Waals surface area contributed by atoms with Crippen LogP contribution in [0.2, 0.25) is 5.15 Å². The summed E-state index contributed by atoms with van der Waals surface area (Å²) in [6.07, 6.45) is 2.53. The first kappa shape index (κ1) is 18.0. The highest BCUT2D eigenvalue weighted by molar-refractivity contribution is 6.31. The van der Waals surface area contributed by atoms with E-state index in [2.05, 4.69) is 5.10 Å². The zero-order valence-corrected chi connectivity index (χ0v) is 14.7. The highest BCUT2D eigenvalue weighted by Gasteiger charge is 2.16. The molecule has 0 unspecified atom stereocenters. The largest absolute Gasteiger partial charge is 0.289 e. The summed E-state index contributed by atoms with van der Waals surface area (Å²) in [4.78, 5) is 12.1. The smallest absolute Gasteiger partial charge is 0.191 e. The van der Waals surface area contributed by atoms with Gasteiger partial charge in [-0.1, -0.05) is 48.0 Å². The van der Waals surface area contributed by atoms with Crippen molar-refractivity contribution in [1.29, 1.82) is 0 Å². The van der Waals surface area contributed by atoms with E-state index in [1.165, 1.54) is 12.1 Å². The zero-order chi connectivity index (χ0) is 18.7. The van der Waals surface area contributed by atoms with Gasteiger partial charge in [0.05, 0.1) is 17.8 Å². The van der Waals surface area contributed by atoms with Crippen LogP contribution in [0.25, 0.3) is 6.08 Å². The molecule has 0 aliphatic carbocycles. The normalized spacial score (nSPS) is 11.2. The predicted molar refractivity (Wildman–Crippen MR) is 97.2 cm³/mol. The third-order valence-corrected chi connectivity index (χ3v) is 4.29. The topological polar surface area (TPSA) is 34.9 Å². The van der Waals surface area contributed by atoms with Gasteiger partial charge in [-0.05, 0) is 36.8 Å². The quantitative estimate of drug-likeness (QED) is 0.463. The number of aromatic nitrogens is 2. The molecule has 0 saturated heterocycles. The first-order valence-electron chi connectivity index (χ1n) is 7.90. The van der Waals surface area contributed by atoms with E-state index in [0.29, 0.717) is 23.0 Å². The van der Waals surface area contributed by atoms with Gasteiger partial charge in [0, 0.05) is 5.56 Å². The molecule has 6 heteroatoms. The van der Waals surface area contributed by atoms with Gasteiger partial charge in [0.25, 0.3) is 0 Å². The molecule has 2 aromatic carbocycles. The molecule has 3 rings (SSSR count). The van der Waals surface area contributed by atoms with Crippen LogP contribution in [-0.2, 0) is 6.54 Å². The van der Waals surface area contributed by atoms with Crippen molar-refractivity contribution in [3.8, 4) is 0 Å². The number of rotatable bonds is 5. The minimum Gasteiger partial charge on any atom is -0.289 e. The second-order valence-corrected chi connectivity index (χ2v) is 6.09. The zero-order valence-electron chi connectivity index (χ0n) is 13.9. The van der Waals surface area contributed by atoms with Gasteiger partial charge in [-0.15, -0.1) is 0 Å². The fourth-order valence-electron chi connectivity index (χ4n) is 2.59. The molecule has 0 amide bonds. The molecule has 0 atom stereocenters. The number of aryl methyl sites for hydroxylation is 1. The molecule has 0 aliphatic heterocycles. The second kappa shape index (κ2) is 7.62. The molecular formula is C20H15ClF2N2O. The maximum atomic E-state index is 13.7. The number of benzene rings is 2. The van der Waals surface area contributed by atoms with Crippen LogP contribution >= 0.6 is 11.6 Å². The average molecular weight is 373 g/mol. The van der Waals surface area contributed by atoms with Gasteiger partial charge in [0.1, 0.15) is 16.8 Å². The monoisotopic (exact) mass is 372 g/mol. The minimum atomic E-state index is -0.901. The number of carbonyl (C=O) groups excluding carboxylic acids is 1. The van der Waals surface area contributed by atoms with Crippen molar-refractivity contribution < 1.29 is 13.6 Å². The van der Waals surface area contributed by atoms with Crippen LogP contribution in [0.3, 0.4) is 0 Å². The van der Waals surface area contributed by atoms with Gasteiger partial charge in [-0.2, -0.15) is 5.10 Å². The molecule has 0 bridgehead atoms. The van der Waals surface area contributed by atoms with E-state index in [9.17, 15) is 13.6 Å². The predicted octanol–water partition coefficient (Wildman–Crippen LogP) is 5.07. The molecule has 0 radical (unpaired) electrons. The van der Waals surface area contributed by atoms with Crippen LogP contribution in [0, 0.1) is 18.6 Å². The summed E-state index contributed by atoms with van der Waals surface area (Å²) >= 11 is 6.36. The number of hydrogen-bond acceptors (Lipinski definition) is 2. The Morgan fingerprint density at radius 1 is 1.12 bits per heavy atom. The van der Waals surface area contributed by atoms with Crippen LogP contribution in [-0.4, -0.2) is 15.6 Å². The van der Waals surface area contributed by atoms with E-state index in [-0.39, 0.29) is 0 Å². The van der Waals surface area contributed by atoms with Crippen molar-refractivity contribution in [2.75, 3.05) is 0 Å². The summed E-state index contributed by atoms with van der Waals surface area (Å²) in [6.45, 7) is 2.23. The van der Waals surface area contributed by atoms with Crippen LogP contribution in [0.15, 0.2) is 54.6 Å². The summed E-state index contributed by atoms with van der Waals surface area (Å²) in [7, 11) is 0. The molecule has 26 heavy (non-hydrogen) atoms. The molecule has 1 heterocycles. The summed E-state index contributed by atoms with van der Waals surface area (Å²) in [5, 5.41) is 4.72. The molecule has 1 aromatic heterocycles. The van der Waals surface area contributed by atoms with E-state index >= 15 is 0 Å². The molecule has 132 valence electrons. The lowest BCUT2D eigenvalue weighted by Gasteiger charge is -2.03. The molecule has 3 nitrogen and oxygen atoms in total. The van der Waals surface area contributed by atoms with Crippen molar-refractivity contribution in [1.82, 2.24) is 9.78 Å². The Bertz CT molecular complexity index is 961. The minimum absolute atomic E-state index is 0.351. The molecule has 0 saturated carbocycles. The summed E-state index contributed by atoms with van der Waals surface area (Å²) in [5.41, 5.74) is 1.59. The van der Waals surface area contributed by atoms with Gasteiger partial charge < -0.3 is 0 Å². The van der Waals surface area contributed by atoms with E-state index in [1.807, 2.05) is 30.3 Å². The third-order valence-electron chi connectivity index (χ3n) is 3.90. The lowest BCUT2D eigenvalue weighted by molar-refractivity contribution is 0.104. The van der Waals surface area contributed by atoms with Gasteiger partial charge in [-0.3, -0.25) is 4.79 Å². The van der Waals surface area contributed by atoms with Crippen LogP contribution < -0.4 is 0 Å². The molecule has 0 N–H and O–H groups in total. The summed E-state index contributed by atoms with van der Waals surface area (Å²) in [6, 6.07) is 13.0. The highest BCUT2D eigenvalue weighted by atomic mass is 35.5. The van der Waals surface area contributed by atoms with Crippen molar-refractivity contribution in [3.05, 3.63) is 93.8 Å². The average Bonchev–Trinajstić information content (AvgIpc) is 2.87. The highest BCUT2D eigenvalue weighted by Crippen LogP contribution is 2.23. The number of nitrogens with zero attached hydrogens (tertiary/aromatic N) is 2. The van der Waals surface area contributed by atoms with Crippen LogP contribution in [0.4, 0.5) is 8.78 Å². The SMILES string of the molecule is Cc1nn(Cc2ccccc2)c(Cl)c1/C=C/C(=O)c1c(F)cccc1F. The Kier molecular flexibility index (Phi) is 5.28. The molecular weight excluding hydrogens is 358 g/mol. The Morgan fingerprint density at radius 3 is 2.42 bits per heavy atom. The number of ketones is 1. The third kappa shape index (κ3) is 3.73. The van der Waals surface area contributed by atoms with Crippen molar-refractivity contribution in [2.45, 2.75) is 13.5 Å². The maximum Gasteiger partial charge on any atom is 0.191 e. The summed E-state index contributed by atoms with van der Waals surface area (Å²) in [5.74, 6) is -2.57. The van der Waals surface area contributed by atoms with Crippen LogP contribution in [0.5, 0.6) is 0 Å². The Hall–Kier alpha value is -2.79. The molecule has 0 fully saturated rings. The van der Waals surface area contributed by atoms with E-state index in [4.69, 9.17) is 11.6 Å². The van der Waals surface area contributed by atoms with Gasteiger partial charge in [-0.25, -0.2) is 13.5 Å². The Morgan fingerprint density at radius 2 is 1.77 bits per heavy atom. The van der Waals surface area contributed by atoms with Crippen LogP contribution in [0.1, 0.15) is 27.2 Å². The van der Waals surface area contributed by atoms with Gasteiger partial charge in [0.15, 0.2) is 5.78 Å². The van der Waals surface area contributed by atoms with E-state index in [0.717, 1.165) is 23.8 Å². The van der Waals surface area contributed by atoms with Crippen molar-refractivity contribution in [3.63, 3.8) is 0 Å². The summed E-state index contributed by atoms with van der Waals surface area (Å²) < 4.78 is 29.0. The lowest BCUT2D eigenvalue weighted by atomic mass is 10.1. The number of carbonyl (C=O) groups is 1. The number of allylic oxidation sites excluding steroid dienone is 1. The molecule has 3 aromatic rings. The molecule has 0 spiro atoms. The maximum absolute atomic E-state index is 13.7. The van der Waals surface area contributed by atoms with E-state index in [1.54, 1.807) is 11.6 Å². The lowest BCUT2D eigenvalue weighted by Crippen LogP contribution is -2.02. The first-order chi connectivity index (χ1) is 12.5. The Balaban J connectivity index is 1.86.